The maximum absolute atomic E-state index is 13.3. The highest BCUT2D eigenvalue weighted by Crippen LogP contribution is 2.21. The van der Waals surface area contributed by atoms with E-state index in [9.17, 15) is 9.59 Å². The van der Waals surface area contributed by atoms with E-state index in [1.165, 1.54) is 4.68 Å². The molecule has 0 spiro atoms. The smallest absolute Gasteiger partial charge is 0.282 e. The molecule has 0 bridgehead atoms. The first-order chi connectivity index (χ1) is 17.4. The Labute approximate surface area is 218 Å². The molecule has 1 heterocycles. The number of ether oxygens (including phenoxy) is 1. The lowest BCUT2D eigenvalue weighted by molar-refractivity contribution is -0.118. The van der Waals surface area contributed by atoms with Crippen LogP contribution in [0.2, 0.25) is 0 Å². The Balaban J connectivity index is 1.55. The molecule has 7 nitrogen and oxygen atoms in total. The van der Waals surface area contributed by atoms with Crippen LogP contribution in [-0.4, -0.2) is 28.4 Å². The molecule has 1 aromatic heterocycles. The van der Waals surface area contributed by atoms with Crippen LogP contribution in [0.15, 0.2) is 81.1 Å². The third kappa shape index (κ3) is 5.88. The molecule has 0 radical (unpaired) electrons. The van der Waals surface area contributed by atoms with Gasteiger partial charge in [0.15, 0.2) is 6.61 Å². The average molecular weight is 547 g/mol. The lowest BCUT2D eigenvalue weighted by atomic mass is 10.1. The fraction of sp³-hybridized carbons (Fsp3) is 0.214. The molecule has 8 heteroatoms. The number of halogens is 1. The third-order valence-corrected chi connectivity index (χ3v) is 6.35. The summed E-state index contributed by atoms with van der Waals surface area (Å²) in [6, 6.07) is 20.2. The van der Waals surface area contributed by atoms with Crippen molar-refractivity contribution in [1.82, 2.24) is 9.66 Å². The second kappa shape index (κ2) is 11.3. The summed E-state index contributed by atoms with van der Waals surface area (Å²) >= 11 is 3.43. The minimum atomic E-state index is -0.249. The van der Waals surface area contributed by atoms with E-state index < -0.39 is 0 Å². The van der Waals surface area contributed by atoms with Crippen molar-refractivity contribution in [2.75, 3.05) is 11.9 Å². The van der Waals surface area contributed by atoms with E-state index in [-0.39, 0.29) is 24.0 Å². The Morgan fingerprint density at radius 2 is 1.97 bits per heavy atom. The largest absolute Gasteiger partial charge is 0.484 e. The van der Waals surface area contributed by atoms with Crippen molar-refractivity contribution in [1.29, 1.82) is 0 Å². The molecule has 0 unspecified atom stereocenters. The normalized spacial score (nSPS) is 12.1. The van der Waals surface area contributed by atoms with Crippen molar-refractivity contribution in [2.24, 2.45) is 5.10 Å². The Bertz CT molecular complexity index is 1500. The molecule has 4 rings (SSSR count). The monoisotopic (exact) mass is 546 g/mol. The van der Waals surface area contributed by atoms with E-state index in [1.54, 1.807) is 24.4 Å². The zero-order chi connectivity index (χ0) is 25.7. The van der Waals surface area contributed by atoms with Crippen molar-refractivity contribution in [3.05, 3.63) is 98.5 Å². The number of hydrogen-bond acceptors (Lipinski definition) is 5. The van der Waals surface area contributed by atoms with Crippen molar-refractivity contribution in [3.8, 4) is 5.75 Å². The number of fused-ring (bicyclic) bond motifs is 1. The summed E-state index contributed by atoms with van der Waals surface area (Å²) in [5.74, 6) is 0.925. The van der Waals surface area contributed by atoms with Gasteiger partial charge in [0, 0.05) is 16.1 Å². The van der Waals surface area contributed by atoms with Crippen LogP contribution in [0.25, 0.3) is 10.9 Å². The molecule has 1 N–H and O–H groups in total. The summed E-state index contributed by atoms with van der Waals surface area (Å²) in [4.78, 5) is 30.3. The van der Waals surface area contributed by atoms with Gasteiger partial charge in [0.05, 0.1) is 17.1 Å². The molecule has 1 atom stereocenters. The first-order valence-corrected chi connectivity index (χ1v) is 12.5. The summed E-state index contributed by atoms with van der Waals surface area (Å²) in [5, 5.41) is 7.83. The van der Waals surface area contributed by atoms with Crippen LogP contribution in [0.3, 0.4) is 0 Å². The van der Waals surface area contributed by atoms with E-state index in [0.717, 1.165) is 27.7 Å². The molecular weight excluding hydrogens is 520 g/mol. The predicted octanol–water partition coefficient (Wildman–Crippen LogP) is 5.88. The van der Waals surface area contributed by atoms with Gasteiger partial charge in [0.25, 0.3) is 11.5 Å². The number of rotatable bonds is 8. The standard InChI is InChI=1S/C28H27BrN4O3/c1-4-18(2)27-32-25-13-12-21(29)15-23(25)28(35)33(27)30-16-20-9-7-10-22(14-20)36-17-26(34)31-24-11-6-5-8-19(24)3/h5-16,18H,4,17H2,1-3H3,(H,31,34)/t18-/m1/s1. The van der Waals surface area contributed by atoms with Crippen LogP contribution in [0.5, 0.6) is 5.75 Å². The van der Waals surface area contributed by atoms with Gasteiger partial charge in [-0.05, 0) is 60.9 Å². The SMILES string of the molecule is CC[C@@H](C)c1nc2ccc(Br)cc2c(=O)n1N=Cc1cccc(OCC(=O)Nc2ccccc2C)c1. The maximum atomic E-state index is 13.3. The van der Waals surface area contributed by atoms with Gasteiger partial charge in [0.2, 0.25) is 0 Å². The van der Waals surface area contributed by atoms with Crippen LogP contribution < -0.4 is 15.6 Å². The minimum absolute atomic E-state index is 0.0457. The van der Waals surface area contributed by atoms with Gasteiger partial charge in [-0.1, -0.05) is 60.1 Å². The number of hydrogen-bond donors (Lipinski definition) is 1. The number of nitrogens with zero attached hydrogens (tertiary/aromatic N) is 3. The topological polar surface area (TPSA) is 85.6 Å². The number of nitrogens with one attached hydrogen (secondary N) is 1. The summed E-state index contributed by atoms with van der Waals surface area (Å²) in [5.41, 5.74) is 2.87. The molecule has 0 saturated carbocycles. The van der Waals surface area contributed by atoms with Gasteiger partial charge in [-0.15, -0.1) is 0 Å². The second-order valence-electron chi connectivity index (χ2n) is 8.53. The fourth-order valence-corrected chi connectivity index (χ4v) is 4.00. The van der Waals surface area contributed by atoms with Crippen LogP contribution >= 0.6 is 15.9 Å². The van der Waals surface area contributed by atoms with Gasteiger partial charge < -0.3 is 10.1 Å². The minimum Gasteiger partial charge on any atom is -0.484 e. The predicted molar refractivity (Wildman–Crippen MR) is 147 cm³/mol. The van der Waals surface area contributed by atoms with Crippen molar-refractivity contribution < 1.29 is 9.53 Å². The third-order valence-electron chi connectivity index (χ3n) is 5.86. The number of anilines is 1. The van der Waals surface area contributed by atoms with Crippen LogP contribution in [0, 0.1) is 6.92 Å². The fourth-order valence-electron chi connectivity index (χ4n) is 3.64. The molecule has 0 aliphatic heterocycles. The van der Waals surface area contributed by atoms with E-state index in [0.29, 0.717) is 22.5 Å². The molecular formula is C28H27BrN4O3. The highest BCUT2D eigenvalue weighted by Gasteiger charge is 2.15. The van der Waals surface area contributed by atoms with Gasteiger partial charge in [0.1, 0.15) is 11.6 Å². The molecule has 0 fully saturated rings. The van der Waals surface area contributed by atoms with Crippen LogP contribution in [0.4, 0.5) is 5.69 Å². The van der Waals surface area contributed by atoms with E-state index in [4.69, 9.17) is 9.72 Å². The van der Waals surface area contributed by atoms with Crippen molar-refractivity contribution in [2.45, 2.75) is 33.1 Å². The summed E-state index contributed by atoms with van der Waals surface area (Å²) < 4.78 is 7.86. The molecule has 184 valence electrons. The second-order valence-corrected chi connectivity index (χ2v) is 9.44. The molecule has 36 heavy (non-hydrogen) atoms. The lowest BCUT2D eigenvalue weighted by Gasteiger charge is -2.14. The Kier molecular flexibility index (Phi) is 7.95. The molecule has 0 saturated heterocycles. The Morgan fingerprint density at radius 1 is 1.17 bits per heavy atom. The highest BCUT2D eigenvalue weighted by molar-refractivity contribution is 9.10. The van der Waals surface area contributed by atoms with Crippen molar-refractivity contribution in [3.63, 3.8) is 0 Å². The van der Waals surface area contributed by atoms with E-state index in [2.05, 4.69) is 26.3 Å². The molecule has 0 aliphatic rings. The average Bonchev–Trinajstić information content (AvgIpc) is 2.88. The van der Waals surface area contributed by atoms with E-state index >= 15 is 0 Å². The number of para-hydroxylation sites is 1. The summed E-state index contributed by atoms with van der Waals surface area (Å²) in [6.45, 7) is 5.87. The zero-order valence-corrected chi connectivity index (χ0v) is 22.0. The number of carbonyl (C=O) groups excluding carboxylic acids is 1. The van der Waals surface area contributed by atoms with Crippen molar-refractivity contribution >= 4 is 44.6 Å². The van der Waals surface area contributed by atoms with Gasteiger partial charge >= 0.3 is 0 Å². The summed E-state index contributed by atoms with van der Waals surface area (Å²) in [6.07, 6.45) is 2.41. The number of aromatic nitrogens is 2. The van der Waals surface area contributed by atoms with E-state index in [1.807, 2.05) is 69.3 Å². The quantitative estimate of drug-likeness (QED) is 0.279. The molecule has 0 aliphatic carbocycles. The zero-order valence-electron chi connectivity index (χ0n) is 20.4. The number of aryl methyl sites for hydroxylation is 1. The Hall–Kier alpha value is -3.78. The lowest BCUT2D eigenvalue weighted by Crippen LogP contribution is -2.23. The number of benzene rings is 3. The van der Waals surface area contributed by atoms with Gasteiger partial charge in [-0.3, -0.25) is 9.59 Å². The maximum Gasteiger partial charge on any atom is 0.282 e. The number of carbonyl (C=O) groups is 1. The Morgan fingerprint density at radius 3 is 2.75 bits per heavy atom. The molecule has 4 aromatic rings. The van der Waals surface area contributed by atoms with Crippen LogP contribution in [-0.2, 0) is 4.79 Å². The molecule has 3 aromatic carbocycles. The first-order valence-electron chi connectivity index (χ1n) is 11.7. The van der Waals surface area contributed by atoms with Gasteiger partial charge in [-0.25, -0.2) is 4.98 Å². The molecule has 1 amide bonds. The first kappa shape index (κ1) is 25.3. The van der Waals surface area contributed by atoms with Crippen LogP contribution in [0.1, 0.15) is 43.1 Å². The number of amides is 1. The van der Waals surface area contributed by atoms with Gasteiger partial charge in [-0.2, -0.15) is 9.78 Å². The highest BCUT2D eigenvalue weighted by atomic mass is 79.9. The summed E-state index contributed by atoms with van der Waals surface area (Å²) in [7, 11) is 0.